The van der Waals surface area contributed by atoms with Crippen molar-refractivity contribution in [2.75, 3.05) is 24.6 Å². The topological polar surface area (TPSA) is 98.2 Å². The Kier molecular flexibility index (Phi) is 7.86. The highest BCUT2D eigenvalue weighted by Crippen LogP contribution is 2.38. The smallest absolute Gasteiger partial charge is 0.348 e. The maximum Gasteiger partial charge on any atom is 0.348 e. The lowest BCUT2D eigenvalue weighted by atomic mass is 9.82. The number of carboxylic acids is 1. The molecule has 3 rings (SSSR count). The molecular weight excluding hydrogens is 440 g/mol. The molecule has 33 heavy (non-hydrogen) atoms. The number of carboxylic acid groups (broad SMARTS) is 1. The molecule has 8 heteroatoms. The molecule has 7 nitrogen and oxygen atoms in total. The van der Waals surface area contributed by atoms with E-state index in [0.717, 1.165) is 37.0 Å². The van der Waals surface area contributed by atoms with E-state index in [1.165, 1.54) is 4.90 Å². The number of hydrogen-bond donors (Lipinski definition) is 2. The average molecular weight is 475 g/mol. The second kappa shape index (κ2) is 10.3. The van der Waals surface area contributed by atoms with Crippen LogP contribution in [0.3, 0.4) is 0 Å². The first-order chi connectivity index (χ1) is 15.5. The summed E-state index contributed by atoms with van der Waals surface area (Å²) in [6.45, 7) is 8.57. The van der Waals surface area contributed by atoms with Crippen LogP contribution in [0.5, 0.6) is 0 Å². The minimum atomic E-state index is -1.13. The molecule has 0 radical (unpaired) electrons. The molecule has 2 amide bonds. The Labute approximate surface area is 199 Å². The number of hydrogen-bond acceptors (Lipinski definition) is 5. The van der Waals surface area contributed by atoms with E-state index in [1.807, 2.05) is 20.8 Å². The molecule has 1 aromatic rings. The molecule has 2 fully saturated rings. The Morgan fingerprint density at radius 2 is 1.88 bits per heavy atom. The minimum absolute atomic E-state index is 0.0270. The summed E-state index contributed by atoms with van der Waals surface area (Å²) in [6.07, 6.45) is 3.77. The minimum Gasteiger partial charge on any atom is -0.477 e. The summed E-state index contributed by atoms with van der Waals surface area (Å²) in [7, 11) is 0. The van der Waals surface area contributed by atoms with Crippen molar-refractivity contribution in [2.24, 2.45) is 17.3 Å². The van der Waals surface area contributed by atoms with Crippen molar-refractivity contribution in [1.82, 2.24) is 4.90 Å². The molecular formula is C25H34N2O5S. The SMILES string of the molecule is CC(C)(C)C#Cc1cc(N(C(=O)[C@H]2CC[C@H](C)CC2)[C@H]2CCN(CCO)C2=O)c(C(=O)O)s1. The number of likely N-dealkylation sites (tertiary alicyclic amines) is 1. The van der Waals surface area contributed by atoms with Gasteiger partial charge in [-0.05, 0) is 64.9 Å². The van der Waals surface area contributed by atoms with Gasteiger partial charge in [-0.25, -0.2) is 4.79 Å². The Morgan fingerprint density at radius 3 is 2.45 bits per heavy atom. The molecule has 0 spiro atoms. The number of aliphatic hydroxyl groups excluding tert-OH is 1. The summed E-state index contributed by atoms with van der Waals surface area (Å²) in [5.41, 5.74) is 0.00663. The number of carbonyl (C=O) groups is 3. The van der Waals surface area contributed by atoms with Crippen molar-refractivity contribution in [2.45, 2.75) is 65.8 Å². The van der Waals surface area contributed by atoms with Crippen LogP contribution in [-0.4, -0.2) is 58.6 Å². The maximum absolute atomic E-state index is 13.8. The molecule has 1 aliphatic carbocycles. The first-order valence-corrected chi connectivity index (χ1v) is 12.5. The van der Waals surface area contributed by atoms with Crippen molar-refractivity contribution in [3.8, 4) is 11.8 Å². The molecule has 0 aromatic carbocycles. The standard InChI is InChI=1S/C25H34N2O5S/c1-16-5-7-17(8-6-16)22(29)27(19-10-12-26(13-14-28)23(19)30)20-15-18(9-11-25(2,3)4)33-21(20)24(31)32/h15-17,19,28H,5-8,10,12-14H2,1-4H3,(H,31,32)/t16-,17-,19-/m0/s1. The molecule has 1 atom stereocenters. The van der Waals surface area contributed by atoms with Crippen LogP contribution in [0.2, 0.25) is 0 Å². The van der Waals surface area contributed by atoms with E-state index in [0.29, 0.717) is 23.8 Å². The van der Waals surface area contributed by atoms with Crippen LogP contribution in [0.15, 0.2) is 6.07 Å². The van der Waals surface area contributed by atoms with Gasteiger partial charge in [-0.1, -0.05) is 18.8 Å². The van der Waals surface area contributed by atoms with E-state index in [1.54, 1.807) is 11.0 Å². The van der Waals surface area contributed by atoms with Gasteiger partial charge in [-0.2, -0.15) is 0 Å². The summed E-state index contributed by atoms with van der Waals surface area (Å²) in [4.78, 5) is 42.6. The molecule has 1 saturated carbocycles. The maximum atomic E-state index is 13.8. The van der Waals surface area contributed by atoms with Gasteiger partial charge in [0.25, 0.3) is 0 Å². The largest absolute Gasteiger partial charge is 0.477 e. The van der Waals surface area contributed by atoms with Gasteiger partial charge in [0.15, 0.2) is 0 Å². The third kappa shape index (κ3) is 5.96. The van der Waals surface area contributed by atoms with E-state index in [9.17, 15) is 24.6 Å². The molecule has 2 aliphatic rings. The van der Waals surface area contributed by atoms with E-state index in [-0.39, 0.29) is 46.9 Å². The van der Waals surface area contributed by atoms with Crippen LogP contribution in [0, 0.1) is 29.1 Å². The number of carbonyl (C=O) groups excluding carboxylic acids is 2. The summed E-state index contributed by atoms with van der Waals surface area (Å²) < 4.78 is 0. The summed E-state index contributed by atoms with van der Waals surface area (Å²) >= 11 is 1.04. The van der Waals surface area contributed by atoms with Crippen molar-refractivity contribution in [3.63, 3.8) is 0 Å². The average Bonchev–Trinajstić information content (AvgIpc) is 3.32. The summed E-state index contributed by atoms with van der Waals surface area (Å²) in [6, 6.07) is 0.887. The Morgan fingerprint density at radius 1 is 1.21 bits per heavy atom. The van der Waals surface area contributed by atoms with E-state index in [2.05, 4.69) is 18.8 Å². The fraction of sp³-hybridized carbons (Fsp3) is 0.640. The Bertz CT molecular complexity index is 960. The van der Waals surface area contributed by atoms with Crippen LogP contribution in [0.1, 0.15) is 74.3 Å². The van der Waals surface area contributed by atoms with Gasteiger partial charge < -0.3 is 15.1 Å². The predicted octanol–water partition coefficient (Wildman–Crippen LogP) is 3.60. The number of amides is 2. The molecule has 2 N–H and O–H groups in total. The normalized spacial score (nSPS) is 23.2. The van der Waals surface area contributed by atoms with Gasteiger partial charge in [0, 0.05) is 24.4 Å². The monoisotopic (exact) mass is 474 g/mol. The van der Waals surface area contributed by atoms with Crippen LogP contribution in [0.4, 0.5) is 5.69 Å². The highest BCUT2D eigenvalue weighted by atomic mass is 32.1. The third-order valence-corrected chi connectivity index (χ3v) is 7.31. The highest BCUT2D eigenvalue weighted by molar-refractivity contribution is 7.15. The number of β-amino-alcohol motifs (C(OH)–C–C–N with tert-alkyl or cyclic N) is 1. The van der Waals surface area contributed by atoms with Gasteiger partial charge in [-0.15, -0.1) is 11.3 Å². The molecule has 1 aliphatic heterocycles. The quantitative estimate of drug-likeness (QED) is 0.614. The number of rotatable bonds is 6. The van der Waals surface area contributed by atoms with Gasteiger partial charge in [-0.3, -0.25) is 14.5 Å². The number of aromatic carboxylic acids is 1. The predicted molar refractivity (Wildman–Crippen MR) is 128 cm³/mol. The molecule has 1 saturated heterocycles. The Hall–Kier alpha value is -2.37. The zero-order chi connectivity index (χ0) is 24.3. The van der Waals surface area contributed by atoms with Crippen LogP contribution < -0.4 is 4.90 Å². The lowest BCUT2D eigenvalue weighted by Crippen LogP contribution is -2.49. The number of nitrogens with zero attached hydrogens (tertiary/aromatic N) is 2. The van der Waals surface area contributed by atoms with Gasteiger partial charge in [0.05, 0.1) is 17.2 Å². The van der Waals surface area contributed by atoms with E-state index < -0.39 is 12.0 Å². The summed E-state index contributed by atoms with van der Waals surface area (Å²) in [5, 5.41) is 19.2. The molecule has 0 bridgehead atoms. The Balaban J connectivity index is 2.04. The summed E-state index contributed by atoms with van der Waals surface area (Å²) in [5.74, 6) is 4.94. The highest BCUT2D eigenvalue weighted by Gasteiger charge is 2.43. The van der Waals surface area contributed by atoms with Crippen LogP contribution >= 0.6 is 11.3 Å². The number of aliphatic hydroxyl groups is 1. The van der Waals surface area contributed by atoms with Gasteiger partial charge in [0.2, 0.25) is 11.8 Å². The van der Waals surface area contributed by atoms with Crippen molar-refractivity contribution >= 4 is 34.8 Å². The fourth-order valence-corrected chi connectivity index (χ4v) is 5.31. The zero-order valence-corrected chi connectivity index (χ0v) is 20.7. The molecule has 2 heterocycles. The van der Waals surface area contributed by atoms with Gasteiger partial charge in [0.1, 0.15) is 10.9 Å². The molecule has 1 aromatic heterocycles. The van der Waals surface area contributed by atoms with Crippen molar-refractivity contribution < 1.29 is 24.6 Å². The second-order valence-corrected chi connectivity index (χ2v) is 11.2. The van der Waals surface area contributed by atoms with Crippen molar-refractivity contribution in [1.29, 1.82) is 0 Å². The first kappa shape index (κ1) is 25.3. The second-order valence-electron chi connectivity index (χ2n) is 10.1. The van der Waals surface area contributed by atoms with E-state index in [4.69, 9.17) is 0 Å². The number of thiophene rings is 1. The lowest BCUT2D eigenvalue weighted by Gasteiger charge is -2.34. The molecule has 180 valence electrons. The zero-order valence-electron chi connectivity index (χ0n) is 19.9. The first-order valence-electron chi connectivity index (χ1n) is 11.6. The lowest BCUT2D eigenvalue weighted by molar-refractivity contribution is -0.132. The molecule has 0 unspecified atom stereocenters. The number of anilines is 1. The van der Waals surface area contributed by atoms with Crippen molar-refractivity contribution in [3.05, 3.63) is 15.8 Å². The van der Waals surface area contributed by atoms with Gasteiger partial charge >= 0.3 is 5.97 Å². The van der Waals surface area contributed by atoms with Crippen LogP contribution in [0.25, 0.3) is 0 Å². The van der Waals surface area contributed by atoms with E-state index >= 15 is 0 Å². The van der Waals surface area contributed by atoms with Crippen LogP contribution in [-0.2, 0) is 9.59 Å². The fourth-order valence-electron chi connectivity index (χ4n) is 4.47. The third-order valence-electron chi connectivity index (χ3n) is 6.28.